The fourth-order valence-corrected chi connectivity index (χ4v) is 4.23. The first-order valence-corrected chi connectivity index (χ1v) is 10.9. The van der Waals surface area contributed by atoms with Crippen LogP contribution in [0.1, 0.15) is 11.1 Å². The molecule has 0 unspecified atom stereocenters. The summed E-state index contributed by atoms with van der Waals surface area (Å²) in [4.78, 5) is 12.8. The number of hydrogen-bond acceptors (Lipinski definition) is 5. The number of H-pyrrole nitrogens is 1. The minimum Gasteiger partial charge on any atom is -0.494 e. The molecule has 1 aromatic heterocycles. The van der Waals surface area contributed by atoms with Crippen LogP contribution in [0, 0.1) is 0 Å². The van der Waals surface area contributed by atoms with Crippen LogP contribution in [-0.4, -0.2) is 53.9 Å². The summed E-state index contributed by atoms with van der Waals surface area (Å²) >= 11 is 0. The van der Waals surface area contributed by atoms with Crippen molar-refractivity contribution in [2.24, 2.45) is 4.99 Å². The van der Waals surface area contributed by atoms with Crippen LogP contribution in [0.3, 0.4) is 0 Å². The fourth-order valence-electron chi connectivity index (χ4n) is 4.23. The smallest absolute Gasteiger partial charge is 0.199 e. The second kappa shape index (κ2) is 8.40. The van der Waals surface area contributed by atoms with Crippen LogP contribution in [0.25, 0.3) is 10.9 Å². The van der Waals surface area contributed by atoms with Gasteiger partial charge in [-0.3, -0.25) is 0 Å². The molecule has 1 saturated heterocycles. The third-order valence-electron chi connectivity index (χ3n) is 6.05. The minimum atomic E-state index is 0.0854. The number of benzene rings is 3. The second-order valence-corrected chi connectivity index (χ2v) is 8.29. The Balaban J connectivity index is 1.56. The Morgan fingerprint density at radius 3 is 2.38 bits per heavy atom. The Kier molecular flexibility index (Phi) is 5.29. The number of piperazine rings is 1. The van der Waals surface area contributed by atoms with E-state index in [0.29, 0.717) is 17.0 Å². The van der Waals surface area contributed by atoms with Crippen LogP contribution < -0.4 is 10.6 Å². The lowest BCUT2D eigenvalue weighted by Crippen LogP contribution is -2.44. The second-order valence-electron chi connectivity index (χ2n) is 8.29. The van der Waals surface area contributed by atoms with Gasteiger partial charge in [-0.05, 0) is 49.5 Å². The van der Waals surface area contributed by atoms with E-state index < -0.39 is 0 Å². The van der Waals surface area contributed by atoms with Crippen LogP contribution >= 0.6 is 0 Å². The summed E-state index contributed by atoms with van der Waals surface area (Å²) < 4.78 is 0. The number of aromatic nitrogens is 1. The van der Waals surface area contributed by atoms with Crippen LogP contribution in [0.5, 0.6) is 5.88 Å². The van der Waals surface area contributed by atoms with Gasteiger partial charge in [0.15, 0.2) is 5.88 Å². The van der Waals surface area contributed by atoms with Gasteiger partial charge in [0.05, 0.1) is 22.5 Å². The van der Waals surface area contributed by atoms with Crippen LogP contribution in [0.15, 0.2) is 77.8 Å². The van der Waals surface area contributed by atoms with Gasteiger partial charge in [0.25, 0.3) is 0 Å². The van der Waals surface area contributed by atoms with Crippen molar-refractivity contribution in [1.29, 1.82) is 0 Å². The van der Waals surface area contributed by atoms with Crippen molar-refractivity contribution < 1.29 is 5.11 Å². The summed E-state index contributed by atoms with van der Waals surface area (Å²) in [5.74, 6) is 0.0854. The highest BCUT2D eigenvalue weighted by Gasteiger charge is 2.19. The fraction of sp³-hybridized carbons (Fsp3) is 0.192. The molecule has 2 heterocycles. The van der Waals surface area contributed by atoms with Gasteiger partial charge < -0.3 is 25.6 Å². The SMILES string of the molecule is CN1CCN(c2ccc(N=C(c3ccccc3)c3c(O)[nH]c4cc(N)ccc34)cc2)CC1. The number of rotatable bonds is 4. The zero-order valence-corrected chi connectivity index (χ0v) is 18.1. The van der Waals surface area contributed by atoms with E-state index in [2.05, 4.69) is 34.0 Å². The van der Waals surface area contributed by atoms with E-state index in [1.807, 2.05) is 60.7 Å². The van der Waals surface area contributed by atoms with E-state index in [9.17, 15) is 5.11 Å². The summed E-state index contributed by atoms with van der Waals surface area (Å²) in [6.07, 6.45) is 0. The number of nitrogens with two attached hydrogens (primary N) is 1. The summed E-state index contributed by atoms with van der Waals surface area (Å²) in [7, 11) is 2.16. The first kappa shape index (κ1) is 20.2. The molecule has 162 valence electrons. The molecule has 0 bridgehead atoms. The normalized spacial score (nSPS) is 15.4. The van der Waals surface area contributed by atoms with Crippen molar-refractivity contribution >= 4 is 33.7 Å². The summed E-state index contributed by atoms with van der Waals surface area (Å²) in [6.45, 7) is 4.20. The quantitative estimate of drug-likeness (QED) is 0.335. The summed E-state index contributed by atoms with van der Waals surface area (Å²) in [5.41, 5.74) is 11.7. The molecule has 0 amide bonds. The molecule has 0 spiro atoms. The molecular formula is C26H27N5O. The molecule has 6 nitrogen and oxygen atoms in total. The number of hydrogen-bond donors (Lipinski definition) is 3. The lowest BCUT2D eigenvalue weighted by Gasteiger charge is -2.34. The third-order valence-corrected chi connectivity index (χ3v) is 6.05. The number of nitrogens with zero attached hydrogens (tertiary/aromatic N) is 3. The van der Waals surface area contributed by atoms with Gasteiger partial charge in [0, 0.05) is 48.5 Å². The van der Waals surface area contributed by atoms with E-state index in [4.69, 9.17) is 10.7 Å². The summed E-state index contributed by atoms with van der Waals surface area (Å²) in [5, 5.41) is 11.7. The lowest BCUT2D eigenvalue weighted by molar-refractivity contribution is 0.313. The Morgan fingerprint density at radius 1 is 0.938 bits per heavy atom. The molecule has 4 N–H and O–H groups in total. The van der Waals surface area contributed by atoms with E-state index in [1.54, 1.807) is 0 Å². The average Bonchev–Trinajstić information content (AvgIpc) is 3.13. The molecule has 6 heteroatoms. The van der Waals surface area contributed by atoms with E-state index in [1.165, 1.54) is 5.69 Å². The number of aliphatic imine (C=N–C) groups is 1. The Bertz CT molecular complexity index is 1250. The Morgan fingerprint density at radius 2 is 1.66 bits per heavy atom. The molecule has 5 rings (SSSR count). The standard InChI is InChI=1S/C26H27N5O/c1-30-13-15-31(16-14-30)21-10-8-20(9-11-21)28-25(18-5-3-2-4-6-18)24-22-12-7-19(27)17-23(22)29-26(24)32/h2-12,17,29,32H,13-16,27H2,1H3. The molecule has 0 atom stereocenters. The number of fused-ring (bicyclic) bond motifs is 1. The number of nitrogen functional groups attached to an aromatic ring is 1. The van der Waals surface area contributed by atoms with E-state index in [0.717, 1.165) is 48.3 Å². The maximum atomic E-state index is 10.8. The van der Waals surface area contributed by atoms with Crippen molar-refractivity contribution in [3.05, 3.63) is 83.9 Å². The molecule has 32 heavy (non-hydrogen) atoms. The van der Waals surface area contributed by atoms with E-state index >= 15 is 0 Å². The maximum absolute atomic E-state index is 10.8. The Hall–Kier alpha value is -3.77. The molecule has 4 aromatic rings. The van der Waals surface area contributed by atoms with Crippen LogP contribution in [0.2, 0.25) is 0 Å². The number of anilines is 2. The maximum Gasteiger partial charge on any atom is 0.199 e. The van der Waals surface area contributed by atoms with E-state index in [-0.39, 0.29) is 5.88 Å². The largest absolute Gasteiger partial charge is 0.494 e. The molecule has 3 aromatic carbocycles. The molecule has 1 aliphatic heterocycles. The van der Waals surface area contributed by atoms with Gasteiger partial charge in [0.2, 0.25) is 0 Å². The molecular weight excluding hydrogens is 398 g/mol. The predicted octanol–water partition coefficient (Wildman–Crippen LogP) is 4.38. The van der Waals surface area contributed by atoms with Crippen molar-refractivity contribution in [3.63, 3.8) is 0 Å². The first-order valence-electron chi connectivity index (χ1n) is 10.9. The van der Waals surface area contributed by atoms with Gasteiger partial charge in [-0.2, -0.15) is 0 Å². The average molecular weight is 426 g/mol. The number of aromatic amines is 1. The van der Waals surface area contributed by atoms with Gasteiger partial charge in [-0.1, -0.05) is 30.3 Å². The van der Waals surface area contributed by atoms with Crippen molar-refractivity contribution in [2.75, 3.05) is 43.9 Å². The van der Waals surface area contributed by atoms with Gasteiger partial charge in [-0.15, -0.1) is 0 Å². The highest BCUT2D eigenvalue weighted by Crippen LogP contribution is 2.32. The zero-order chi connectivity index (χ0) is 22.1. The van der Waals surface area contributed by atoms with Crippen molar-refractivity contribution in [2.45, 2.75) is 0 Å². The molecule has 1 fully saturated rings. The number of aromatic hydroxyl groups is 1. The minimum absolute atomic E-state index is 0.0854. The molecule has 0 aliphatic carbocycles. The Labute approximate surface area is 187 Å². The summed E-state index contributed by atoms with van der Waals surface area (Å²) in [6, 6.07) is 23.9. The van der Waals surface area contributed by atoms with Crippen LogP contribution in [-0.2, 0) is 0 Å². The zero-order valence-electron chi connectivity index (χ0n) is 18.1. The van der Waals surface area contributed by atoms with Gasteiger partial charge in [-0.25, -0.2) is 4.99 Å². The highest BCUT2D eigenvalue weighted by atomic mass is 16.3. The van der Waals surface area contributed by atoms with Crippen molar-refractivity contribution in [3.8, 4) is 5.88 Å². The monoisotopic (exact) mass is 425 g/mol. The number of likely N-dealkylation sites (N-methyl/N-ethyl adjacent to an activating group) is 1. The molecule has 0 radical (unpaired) electrons. The van der Waals surface area contributed by atoms with Crippen LogP contribution in [0.4, 0.5) is 17.1 Å². The highest BCUT2D eigenvalue weighted by molar-refractivity contribution is 6.22. The third kappa shape index (κ3) is 3.92. The van der Waals surface area contributed by atoms with Gasteiger partial charge in [0.1, 0.15) is 0 Å². The lowest BCUT2D eigenvalue weighted by atomic mass is 10.0. The first-order chi connectivity index (χ1) is 15.6. The predicted molar refractivity (Wildman–Crippen MR) is 132 cm³/mol. The topological polar surface area (TPSA) is 80.9 Å². The molecule has 0 saturated carbocycles. The van der Waals surface area contributed by atoms with Gasteiger partial charge >= 0.3 is 0 Å². The molecule has 1 aliphatic rings. The van der Waals surface area contributed by atoms with Crippen molar-refractivity contribution in [1.82, 2.24) is 9.88 Å². The number of nitrogens with one attached hydrogen (secondary N) is 1.